The molecule has 5 atom stereocenters. The summed E-state index contributed by atoms with van der Waals surface area (Å²) in [5.41, 5.74) is 3.18. The Balaban J connectivity index is 1.80. The number of benzene rings is 2. The zero-order chi connectivity index (χ0) is 24.5. The number of hydrogen-bond donors (Lipinski definition) is 5. The van der Waals surface area contributed by atoms with Gasteiger partial charge in [-0.15, -0.1) is 0 Å². The molecule has 8 heteroatoms. The van der Waals surface area contributed by atoms with E-state index >= 15 is 0 Å². The van der Waals surface area contributed by atoms with E-state index in [1.807, 2.05) is 30.3 Å². The first-order chi connectivity index (χ1) is 16.1. The van der Waals surface area contributed by atoms with Crippen molar-refractivity contribution in [3.8, 4) is 5.75 Å². The lowest BCUT2D eigenvalue weighted by molar-refractivity contribution is -0.152. The Kier molecular flexibility index (Phi) is 4.70. The first-order valence-corrected chi connectivity index (χ1v) is 11.0. The average molecular weight is 461 g/mol. The third-order valence-electron chi connectivity index (χ3n) is 7.58. The number of hydrogen-bond acceptors (Lipinski definition) is 7. The molecule has 1 amide bonds. The van der Waals surface area contributed by atoms with Crippen molar-refractivity contribution in [1.29, 1.82) is 0 Å². The molecule has 0 radical (unpaired) electrons. The fourth-order valence-electron chi connectivity index (χ4n) is 5.99. The molecule has 0 spiro atoms. The van der Waals surface area contributed by atoms with Crippen molar-refractivity contribution in [1.82, 2.24) is 0 Å². The van der Waals surface area contributed by atoms with Crippen LogP contribution in [0.1, 0.15) is 36.0 Å². The SMILES string of the molecule is C[C@@H]1C(=O)C(C(N)=O)=C(O)[C@@]2(O)C(=O)C3=C(O)c4c(O)cccc4[C@@H](c4ccccc4)[C@H]3C[C@@H]12. The minimum absolute atomic E-state index is 0.0549. The number of rotatable bonds is 2. The Hall–Kier alpha value is -3.91. The van der Waals surface area contributed by atoms with Crippen molar-refractivity contribution in [2.75, 3.05) is 0 Å². The Morgan fingerprint density at radius 1 is 1.03 bits per heavy atom. The van der Waals surface area contributed by atoms with Crippen LogP contribution in [0, 0.1) is 17.8 Å². The van der Waals surface area contributed by atoms with Gasteiger partial charge in [0.05, 0.1) is 5.56 Å². The minimum atomic E-state index is -2.61. The van der Waals surface area contributed by atoms with Crippen LogP contribution in [0.2, 0.25) is 0 Å². The van der Waals surface area contributed by atoms with E-state index in [1.54, 1.807) is 12.1 Å². The number of carbonyl (C=O) groups excluding carboxylic acids is 3. The summed E-state index contributed by atoms with van der Waals surface area (Å²) in [4.78, 5) is 38.6. The van der Waals surface area contributed by atoms with Gasteiger partial charge in [-0.25, -0.2) is 0 Å². The lowest BCUT2D eigenvalue weighted by Crippen LogP contribution is -2.61. The number of aromatic hydroxyl groups is 1. The van der Waals surface area contributed by atoms with Crippen LogP contribution in [0.25, 0.3) is 5.76 Å². The number of Topliss-reactive ketones (excluding diaryl/α,β-unsaturated/α-hetero) is 2. The summed E-state index contributed by atoms with van der Waals surface area (Å²) >= 11 is 0. The first kappa shape index (κ1) is 21.9. The van der Waals surface area contributed by atoms with Gasteiger partial charge in [-0.3, -0.25) is 14.4 Å². The molecule has 8 nitrogen and oxygen atoms in total. The van der Waals surface area contributed by atoms with Crippen molar-refractivity contribution in [2.45, 2.75) is 24.9 Å². The molecule has 0 bridgehead atoms. The molecule has 6 N–H and O–H groups in total. The third kappa shape index (κ3) is 2.66. The van der Waals surface area contributed by atoms with Crippen LogP contribution in [0.15, 0.2) is 65.4 Å². The van der Waals surface area contributed by atoms with Crippen molar-refractivity contribution in [3.05, 3.63) is 82.1 Å². The third-order valence-corrected chi connectivity index (χ3v) is 7.58. The normalized spacial score (nSPS) is 30.5. The number of primary amides is 1. The molecule has 34 heavy (non-hydrogen) atoms. The van der Waals surface area contributed by atoms with E-state index in [-0.39, 0.29) is 23.3 Å². The smallest absolute Gasteiger partial charge is 0.255 e. The first-order valence-electron chi connectivity index (χ1n) is 11.0. The van der Waals surface area contributed by atoms with Crippen LogP contribution >= 0.6 is 0 Å². The van der Waals surface area contributed by atoms with E-state index in [0.29, 0.717) is 5.56 Å². The molecule has 1 saturated carbocycles. The number of aliphatic hydroxyl groups is 3. The van der Waals surface area contributed by atoms with Gasteiger partial charge < -0.3 is 26.2 Å². The van der Waals surface area contributed by atoms with E-state index in [4.69, 9.17) is 5.73 Å². The molecule has 0 saturated heterocycles. The summed E-state index contributed by atoms with van der Waals surface area (Å²) < 4.78 is 0. The van der Waals surface area contributed by atoms with Gasteiger partial charge in [0.15, 0.2) is 11.4 Å². The summed E-state index contributed by atoms with van der Waals surface area (Å²) in [7, 11) is 0. The van der Waals surface area contributed by atoms with Gasteiger partial charge in [0, 0.05) is 29.2 Å². The average Bonchev–Trinajstić information content (AvgIpc) is 2.80. The maximum atomic E-state index is 13.8. The minimum Gasteiger partial charge on any atom is -0.508 e. The molecule has 0 aromatic heterocycles. The van der Waals surface area contributed by atoms with E-state index in [9.17, 15) is 34.8 Å². The Morgan fingerprint density at radius 2 is 1.71 bits per heavy atom. The number of phenols is 1. The highest BCUT2D eigenvalue weighted by atomic mass is 16.3. The van der Waals surface area contributed by atoms with Gasteiger partial charge in [0.25, 0.3) is 5.91 Å². The van der Waals surface area contributed by atoms with Crippen LogP contribution in [-0.2, 0) is 14.4 Å². The number of fused-ring (bicyclic) bond motifs is 3. The Labute approximate surface area is 194 Å². The standard InChI is InChI=1S/C26H23NO7/c1-11-15-10-14-17(12-6-3-2-4-7-12)13-8-5-9-16(28)18(13)22(30)19(14)23(31)26(15,34)24(32)20(21(11)29)25(27)33/h2-9,11,14-15,17,28,30,32,34H,10H2,1H3,(H2,27,33)/t11-,14+,15-,17+,26-/m0/s1. The van der Waals surface area contributed by atoms with Crippen LogP contribution in [0.3, 0.4) is 0 Å². The molecular weight excluding hydrogens is 438 g/mol. The van der Waals surface area contributed by atoms with Crippen molar-refractivity contribution < 1.29 is 34.8 Å². The number of carbonyl (C=O) groups is 3. The van der Waals surface area contributed by atoms with Crippen LogP contribution in [0.5, 0.6) is 5.75 Å². The van der Waals surface area contributed by atoms with Crippen molar-refractivity contribution in [2.24, 2.45) is 23.5 Å². The van der Waals surface area contributed by atoms with Gasteiger partial charge in [-0.1, -0.05) is 49.4 Å². The molecule has 0 unspecified atom stereocenters. The van der Waals surface area contributed by atoms with Crippen LogP contribution in [0.4, 0.5) is 0 Å². The molecular formula is C26H23NO7. The topological polar surface area (TPSA) is 158 Å². The predicted molar refractivity (Wildman–Crippen MR) is 121 cm³/mol. The lowest BCUT2D eigenvalue weighted by atomic mass is 9.54. The highest BCUT2D eigenvalue weighted by molar-refractivity contribution is 6.23. The molecule has 0 heterocycles. The second-order valence-electron chi connectivity index (χ2n) is 9.18. The molecule has 2 aromatic rings. The summed E-state index contributed by atoms with van der Waals surface area (Å²) in [6, 6.07) is 14.0. The Morgan fingerprint density at radius 3 is 2.35 bits per heavy atom. The van der Waals surface area contributed by atoms with Gasteiger partial charge in [0.1, 0.15) is 22.8 Å². The van der Waals surface area contributed by atoms with Gasteiger partial charge >= 0.3 is 0 Å². The number of amides is 1. The molecule has 2 aromatic carbocycles. The second-order valence-corrected chi connectivity index (χ2v) is 9.18. The fraction of sp³-hybridized carbons (Fsp3) is 0.269. The van der Waals surface area contributed by atoms with Crippen molar-refractivity contribution in [3.63, 3.8) is 0 Å². The summed E-state index contributed by atoms with van der Waals surface area (Å²) in [6.45, 7) is 1.48. The largest absolute Gasteiger partial charge is 0.508 e. The van der Waals surface area contributed by atoms with E-state index < -0.39 is 63.8 Å². The maximum Gasteiger partial charge on any atom is 0.255 e. The molecule has 1 fully saturated rings. The Bertz CT molecular complexity index is 1330. The zero-order valence-corrected chi connectivity index (χ0v) is 18.2. The maximum absolute atomic E-state index is 13.8. The van der Waals surface area contributed by atoms with Gasteiger partial charge in [0.2, 0.25) is 5.78 Å². The number of nitrogens with two attached hydrogens (primary N) is 1. The summed E-state index contributed by atoms with van der Waals surface area (Å²) in [6.07, 6.45) is 0.0549. The van der Waals surface area contributed by atoms with Crippen LogP contribution < -0.4 is 5.73 Å². The lowest BCUT2D eigenvalue weighted by Gasteiger charge is -2.50. The number of aliphatic hydroxyl groups excluding tert-OH is 2. The van der Waals surface area contributed by atoms with Gasteiger partial charge in [-0.05, 0) is 23.6 Å². The highest BCUT2D eigenvalue weighted by Crippen LogP contribution is 2.57. The number of ketones is 2. The predicted octanol–water partition coefficient (Wildman–Crippen LogP) is 2.26. The fourth-order valence-corrected chi connectivity index (χ4v) is 5.99. The molecule has 5 rings (SSSR count). The molecule has 3 aliphatic carbocycles. The second kappa shape index (κ2) is 7.30. The van der Waals surface area contributed by atoms with E-state index in [1.165, 1.54) is 13.0 Å². The summed E-state index contributed by atoms with van der Waals surface area (Å²) in [5, 5.41) is 44.1. The molecule has 174 valence electrons. The quantitative estimate of drug-likeness (QED) is 0.429. The monoisotopic (exact) mass is 461 g/mol. The number of phenolic OH excluding ortho intramolecular Hbond substituents is 1. The van der Waals surface area contributed by atoms with Gasteiger partial charge in [-0.2, -0.15) is 0 Å². The summed E-state index contributed by atoms with van der Waals surface area (Å²) in [5.74, 6) is -8.01. The van der Waals surface area contributed by atoms with Crippen LogP contribution in [-0.4, -0.2) is 43.5 Å². The highest BCUT2D eigenvalue weighted by Gasteiger charge is 2.63. The van der Waals surface area contributed by atoms with E-state index in [2.05, 4.69) is 0 Å². The molecule has 3 aliphatic rings. The van der Waals surface area contributed by atoms with E-state index in [0.717, 1.165) is 5.56 Å². The van der Waals surface area contributed by atoms with Crippen molar-refractivity contribution >= 4 is 23.2 Å². The molecule has 0 aliphatic heterocycles. The zero-order valence-electron chi connectivity index (χ0n) is 18.2.